The lowest BCUT2D eigenvalue weighted by Crippen LogP contribution is -2.09. The van der Waals surface area contributed by atoms with Crippen LogP contribution in [0.2, 0.25) is 10.0 Å². The maximum Gasteiger partial charge on any atom is 0.120 e. The Labute approximate surface area is 134 Å². The summed E-state index contributed by atoms with van der Waals surface area (Å²) in [5.74, 6) is 0.751. The average molecular weight is 323 g/mol. The molecule has 0 bridgehead atoms. The molecule has 21 heavy (non-hydrogen) atoms. The fraction of sp³-hybridized carbons (Fsp3) is 0.294. The van der Waals surface area contributed by atoms with Gasteiger partial charge in [0, 0.05) is 15.6 Å². The van der Waals surface area contributed by atoms with Crippen molar-refractivity contribution in [3.63, 3.8) is 0 Å². The first-order chi connectivity index (χ1) is 10.1. The van der Waals surface area contributed by atoms with Crippen LogP contribution in [0.1, 0.15) is 35.6 Å². The molecular weight excluding hydrogens is 307 g/mol. The van der Waals surface area contributed by atoms with E-state index < -0.39 is 0 Å². The number of halogens is 2. The minimum absolute atomic E-state index is 0.378. The second kappa shape index (κ2) is 6.27. The van der Waals surface area contributed by atoms with Crippen LogP contribution in [0.25, 0.3) is 0 Å². The number of aliphatic hydroxyl groups is 1. The van der Waals surface area contributed by atoms with Gasteiger partial charge in [-0.1, -0.05) is 35.3 Å². The molecule has 0 radical (unpaired) electrons. The maximum absolute atomic E-state index is 10.1. The van der Waals surface area contributed by atoms with Gasteiger partial charge in [-0.2, -0.15) is 0 Å². The van der Waals surface area contributed by atoms with E-state index in [4.69, 9.17) is 27.9 Å². The van der Waals surface area contributed by atoms with Crippen LogP contribution in [-0.2, 0) is 13.0 Å². The lowest BCUT2D eigenvalue weighted by Gasteiger charge is -2.22. The molecule has 3 rings (SSSR count). The first-order valence-corrected chi connectivity index (χ1v) is 7.76. The van der Waals surface area contributed by atoms with E-state index in [1.165, 1.54) is 5.56 Å². The van der Waals surface area contributed by atoms with Crippen LogP contribution in [0, 0.1) is 0 Å². The molecule has 4 heteroatoms. The zero-order valence-corrected chi connectivity index (χ0v) is 13.0. The largest absolute Gasteiger partial charge is 0.489 e. The normalized spacial score (nSPS) is 17.4. The molecule has 0 aliphatic heterocycles. The Bertz CT molecular complexity index is 655. The summed E-state index contributed by atoms with van der Waals surface area (Å²) in [6.07, 6.45) is 2.50. The summed E-state index contributed by atoms with van der Waals surface area (Å²) < 4.78 is 5.79. The van der Waals surface area contributed by atoms with Gasteiger partial charge in [-0.3, -0.25) is 0 Å². The molecule has 1 atom stereocenters. The first-order valence-electron chi connectivity index (χ1n) is 7.01. The second-order valence-electron chi connectivity index (χ2n) is 5.29. The summed E-state index contributed by atoms with van der Waals surface area (Å²) in [6, 6.07) is 11.3. The van der Waals surface area contributed by atoms with Crippen LogP contribution in [0.4, 0.5) is 0 Å². The molecule has 0 spiro atoms. The highest BCUT2D eigenvalue weighted by atomic mass is 35.5. The monoisotopic (exact) mass is 322 g/mol. The first kappa shape index (κ1) is 14.7. The molecule has 0 heterocycles. The molecule has 1 unspecified atom stereocenters. The van der Waals surface area contributed by atoms with E-state index in [1.807, 2.05) is 24.3 Å². The number of aryl methyl sites for hydroxylation is 1. The summed E-state index contributed by atoms with van der Waals surface area (Å²) in [5, 5.41) is 11.3. The van der Waals surface area contributed by atoms with Gasteiger partial charge in [0.1, 0.15) is 12.4 Å². The summed E-state index contributed by atoms with van der Waals surface area (Å²) >= 11 is 12.0. The van der Waals surface area contributed by atoms with E-state index in [9.17, 15) is 5.11 Å². The fourth-order valence-corrected chi connectivity index (χ4v) is 3.10. The SMILES string of the molecule is OC1CCCc2ccc(OCc3ccc(Cl)cc3Cl)cc21. The average Bonchev–Trinajstić information content (AvgIpc) is 2.47. The van der Waals surface area contributed by atoms with Gasteiger partial charge >= 0.3 is 0 Å². The van der Waals surface area contributed by atoms with Crippen molar-refractivity contribution < 1.29 is 9.84 Å². The highest BCUT2D eigenvalue weighted by Crippen LogP contribution is 2.32. The zero-order valence-electron chi connectivity index (χ0n) is 11.5. The molecule has 1 N–H and O–H groups in total. The Kier molecular flexibility index (Phi) is 4.39. The molecule has 2 nitrogen and oxygen atoms in total. The Morgan fingerprint density at radius 2 is 2.00 bits per heavy atom. The van der Waals surface area contributed by atoms with Crippen molar-refractivity contribution in [2.45, 2.75) is 32.0 Å². The van der Waals surface area contributed by atoms with E-state index in [1.54, 1.807) is 12.1 Å². The molecule has 0 saturated carbocycles. The summed E-state index contributed by atoms with van der Waals surface area (Å²) in [6.45, 7) is 0.380. The third-order valence-electron chi connectivity index (χ3n) is 3.81. The van der Waals surface area contributed by atoms with Crippen molar-refractivity contribution in [3.05, 3.63) is 63.1 Å². The molecular formula is C17H16Cl2O2. The van der Waals surface area contributed by atoms with Crippen LogP contribution in [0.15, 0.2) is 36.4 Å². The molecule has 0 saturated heterocycles. The summed E-state index contributed by atoms with van der Waals surface area (Å²) in [7, 11) is 0. The van der Waals surface area contributed by atoms with Crippen molar-refractivity contribution in [3.8, 4) is 5.75 Å². The molecule has 110 valence electrons. The van der Waals surface area contributed by atoms with Gasteiger partial charge in [0.2, 0.25) is 0 Å². The third-order valence-corrected chi connectivity index (χ3v) is 4.40. The lowest BCUT2D eigenvalue weighted by atomic mass is 9.89. The van der Waals surface area contributed by atoms with Gasteiger partial charge in [-0.05, 0) is 54.7 Å². The Hall–Kier alpha value is -1.22. The minimum atomic E-state index is -0.378. The predicted octanol–water partition coefficient (Wildman–Crippen LogP) is 4.94. The number of hydrogen-bond donors (Lipinski definition) is 1. The molecule has 1 aliphatic carbocycles. The lowest BCUT2D eigenvalue weighted by molar-refractivity contribution is 0.156. The summed E-state index contributed by atoms with van der Waals surface area (Å²) in [4.78, 5) is 0. The quantitative estimate of drug-likeness (QED) is 0.867. The van der Waals surface area contributed by atoms with Gasteiger partial charge in [-0.15, -0.1) is 0 Å². The minimum Gasteiger partial charge on any atom is -0.489 e. The van der Waals surface area contributed by atoms with Crippen LogP contribution in [0.3, 0.4) is 0 Å². The van der Waals surface area contributed by atoms with Crippen molar-refractivity contribution in [2.24, 2.45) is 0 Å². The van der Waals surface area contributed by atoms with Crippen molar-refractivity contribution in [2.75, 3.05) is 0 Å². The van der Waals surface area contributed by atoms with Gasteiger partial charge in [0.05, 0.1) is 6.10 Å². The smallest absolute Gasteiger partial charge is 0.120 e. The van der Waals surface area contributed by atoms with E-state index in [-0.39, 0.29) is 6.10 Å². The third kappa shape index (κ3) is 3.34. The molecule has 0 aromatic heterocycles. The number of hydrogen-bond acceptors (Lipinski definition) is 2. The molecule has 1 aliphatic rings. The van der Waals surface area contributed by atoms with Crippen molar-refractivity contribution in [1.29, 1.82) is 0 Å². The second-order valence-corrected chi connectivity index (χ2v) is 6.14. The topological polar surface area (TPSA) is 29.5 Å². The molecule has 0 amide bonds. The maximum atomic E-state index is 10.1. The zero-order chi connectivity index (χ0) is 14.8. The number of rotatable bonds is 3. The number of aliphatic hydroxyl groups excluding tert-OH is 1. The Balaban J connectivity index is 1.75. The number of fused-ring (bicyclic) bond motifs is 1. The van der Waals surface area contributed by atoms with Crippen LogP contribution < -0.4 is 4.74 Å². The van der Waals surface area contributed by atoms with E-state index >= 15 is 0 Å². The fourth-order valence-electron chi connectivity index (χ4n) is 2.64. The Morgan fingerprint density at radius 1 is 1.14 bits per heavy atom. The highest BCUT2D eigenvalue weighted by Gasteiger charge is 2.18. The van der Waals surface area contributed by atoms with E-state index in [0.717, 1.165) is 36.1 Å². The van der Waals surface area contributed by atoms with Crippen LogP contribution in [-0.4, -0.2) is 5.11 Å². The van der Waals surface area contributed by atoms with Crippen molar-refractivity contribution in [1.82, 2.24) is 0 Å². The van der Waals surface area contributed by atoms with Gasteiger partial charge in [-0.25, -0.2) is 0 Å². The van der Waals surface area contributed by atoms with Gasteiger partial charge < -0.3 is 9.84 Å². The van der Waals surface area contributed by atoms with E-state index in [2.05, 4.69) is 0 Å². The van der Waals surface area contributed by atoms with Gasteiger partial charge in [0.15, 0.2) is 0 Å². The molecule has 2 aromatic rings. The summed E-state index contributed by atoms with van der Waals surface area (Å²) in [5.41, 5.74) is 3.09. The Morgan fingerprint density at radius 3 is 2.81 bits per heavy atom. The standard InChI is InChI=1S/C17H16Cl2O2/c18-13-6-4-12(16(19)8-13)10-21-14-7-5-11-2-1-3-17(20)15(11)9-14/h4-9,17,20H,1-3,10H2. The van der Waals surface area contributed by atoms with Crippen molar-refractivity contribution >= 4 is 23.2 Å². The predicted molar refractivity (Wildman–Crippen MR) is 85.1 cm³/mol. The molecule has 2 aromatic carbocycles. The molecule has 0 fully saturated rings. The number of benzene rings is 2. The highest BCUT2D eigenvalue weighted by molar-refractivity contribution is 6.35. The van der Waals surface area contributed by atoms with Gasteiger partial charge in [0.25, 0.3) is 0 Å². The van der Waals surface area contributed by atoms with E-state index in [0.29, 0.717) is 16.7 Å². The number of ether oxygens (including phenoxy) is 1. The van der Waals surface area contributed by atoms with Crippen LogP contribution >= 0.6 is 23.2 Å². The van der Waals surface area contributed by atoms with Crippen LogP contribution in [0.5, 0.6) is 5.75 Å².